The summed E-state index contributed by atoms with van der Waals surface area (Å²) in [6.45, 7) is 2.72. The first kappa shape index (κ1) is 15.8. The average Bonchev–Trinajstić information content (AvgIpc) is 2.43. The molecule has 0 saturated carbocycles. The molecule has 0 aromatic heterocycles. The van der Waals surface area contributed by atoms with Gasteiger partial charge in [-0.2, -0.15) is 0 Å². The van der Waals surface area contributed by atoms with E-state index in [4.69, 9.17) is 16.3 Å². The van der Waals surface area contributed by atoms with Gasteiger partial charge < -0.3 is 9.64 Å². The van der Waals surface area contributed by atoms with Crippen LogP contribution >= 0.6 is 11.6 Å². The molecule has 0 radical (unpaired) electrons. The van der Waals surface area contributed by atoms with Crippen LogP contribution in [-0.4, -0.2) is 37.4 Å². The highest BCUT2D eigenvalue weighted by molar-refractivity contribution is 6.17. The third kappa shape index (κ3) is 4.75. The first-order valence-electron chi connectivity index (χ1n) is 6.56. The Morgan fingerprint density at radius 2 is 2.05 bits per heavy atom. The van der Waals surface area contributed by atoms with E-state index in [1.54, 1.807) is 18.1 Å². The SMILES string of the molecule is COc1cc(C(=O)N(C)CCCCCCl)ccc1C. The maximum Gasteiger partial charge on any atom is 0.253 e. The van der Waals surface area contributed by atoms with Gasteiger partial charge in [0.25, 0.3) is 5.91 Å². The van der Waals surface area contributed by atoms with Crippen molar-refractivity contribution in [2.75, 3.05) is 26.6 Å². The minimum absolute atomic E-state index is 0.0316. The predicted molar refractivity (Wildman–Crippen MR) is 79.3 cm³/mol. The van der Waals surface area contributed by atoms with Crippen LogP contribution in [0.1, 0.15) is 35.2 Å². The molecule has 0 fully saturated rings. The second-order valence-corrected chi connectivity index (χ2v) is 5.04. The van der Waals surface area contributed by atoms with Crippen LogP contribution in [0.2, 0.25) is 0 Å². The maximum atomic E-state index is 12.2. The summed E-state index contributed by atoms with van der Waals surface area (Å²) < 4.78 is 5.24. The molecule has 0 N–H and O–H groups in total. The van der Waals surface area contributed by atoms with E-state index >= 15 is 0 Å². The van der Waals surface area contributed by atoms with E-state index < -0.39 is 0 Å². The number of benzene rings is 1. The van der Waals surface area contributed by atoms with Crippen LogP contribution < -0.4 is 4.74 Å². The number of hydrogen-bond acceptors (Lipinski definition) is 2. The van der Waals surface area contributed by atoms with Gasteiger partial charge in [0.15, 0.2) is 0 Å². The number of carbonyl (C=O) groups is 1. The van der Waals surface area contributed by atoms with Crippen LogP contribution in [0.25, 0.3) is 0 Å². The molecule has 0 saturated heterocycles. The van der Waals surface area contributed by atoms with E-state index in [-0.39, 0.29) is 5.91 Å². The molecule has 19 heavy (non-hydrogen) atoms. The Balaban J connectivity index is 2.61. The molecule has 1 aromatic rings. The molecule has 0 aliphatic rings. The van der Waals surface area contributed by atoms with E-state index in [1.165, 1.54) is 0 Å². The molecule has 0 bridgehead atoms. The van der Waals surface area contributed by atoms with Gasteiger partial charge in [-0.1, -0.05) is 12.5 Å². The highest BCUT2D eigenvalue weighted by atomic mass is 35.5. The van der Waals surface area contributed by atoms with Crippen molar-refractivity contribution in [1.82, 2.24) is 4.90 Å². The van der Waals surface area contributed by atoms with Gasteiger partial charge in [-0.05, 0) is 37.5 Å². The van der Waals surface area contributed by atoms with Gasteiger partial charge in [-0.25, -0.2) is 0 Å². The lowest BCUT2D eigenvalue weighted by Crippen LogP contribution is -2.27. The van der Waals surface area contributed by atoms with E-state index in [1.807, 2.05) is 26.1 Å². The van der Waals surface area contributed by atoms with E-state index in [9.17, 15) is 4.79 Å². The molecular formula is C15H22ClNO2. The molecular weight excluding hydrogens is 262 g/mol. The summed E-state index contributed by atoms with van der Waals surface area (Å²) in [6, 6.07) is 5.55. The lowest BCUT2D eigenvalue weighted by molar-refractivity contribution is 0.0792. The summed E-state index contributed by atoms with van der Waals surface area (Å²) in [5.74, 6) is 1.47. The average molecular weight is 284 g/mol. The number of hydrogen-bond donors (Lipinski definition) is 0. The van der Waals surface area contributed by atoms with E-state index in [2.05, 4.69) is 0 Å². The monoisotopic (exact) mass is 283 g/mol. The van der Waals surface area contributed by atoms with Crippen LogP contribution in [0.15, 0.2) is 18.2 Å². The second-order valence-electron chi connectivity index (χ2n) is 4.66. The minimum Gasteiger partial charge on any atom is -0.496 e. The third-order valence-electron chi connectivity index (χ3n) is 3.13. The number of aryl methyl sites for hydroxylation is 1. The Morgan fingerprint density at radius 1 is 1.32 bits per heavy atom. The Kier molecular flexibility index (Phi) is 6.71. The molecule has 3 nitrogen and oxygen atoms in total. The van der Waals surface area contributed by atoms with Gasteiger partial charge in [0, 0.05) is 25.0 Å². The molecule has 0 unspecified atom stereocenters. The topological polar surface area (TPSA) is 29.5 Å². The van der Waals surface area contributed by atoms with Crippen molar-refractivity contribution in [3.8, 4) is 5.75 Å². The van der Waals surface area contributed by atoms with Crippen LogP contribution in [0.3, 0.4) is 0 Å². The fourth-order valence-corrected chi connectivity index (χ4v) is 2.08. The van der Waals surface area contributed by atoms with Crippen molar-refractivity contribution in [3.63, 3.8) is 0 Å². The zero-order chi connectivity index (χ0) is 14.3. The lowest BCUT2D eigenvalue weighted by atomic mass is 10.1. The molecule has 0 aliphatic heterocycles. The van der Waals surface area contributed by atoms with Crippen molar-refractivity contribution < 1.29 is 9.53 Å². The van der Waals surface area contributed by atoms with Gasteiger partial charge in [0.05, 0.1) is 7.11 Å². The third-order valence-corrected chi connectivity index (χ3v) is 3.40. The largest absolute Gasteiger partial charge is 0.496 e. The molecule has 0 aliphatic carbocycles. The van der Waals surface area contributed by atoms with Crippen molar-refractivity contribution in [2.24, 2.45) is 0 Å². The molecule has 106 valence electrons. The summed E-state index contributed by atoms with van der Waals surface area (Å²) in [7, 11) is 3.45. The van der Waals surface area contributed by atoms with Gasteiger partial charge in [0.2, 0.25) is 0 Å². The highest BCUT2D eigenvalue weighted by Crippen LogP contribution is 2.19. The summed E-state index contributed by atoms with van der Waals surface area (Å²) in [5, 5.41) is 0. The number of amides is 1. The number of carbonyl (C=O) groups excluding carboxylic acids is 1. The molecule has 1 amide bonds. The van der Waals surface area contributed by atoms with Crippen molar-refractivity contribution in [1.29, 1.82) is 0 Å². The fraction of sp³-hybridized carbons (Fsp3) is 0.533. The summed E-state index contributed by atoms with van der Waals surface area (Å²) in [5.41, 5.74) is 1.70. The normalized spacial score (nSPS) is 10.3. The van der Waals surface area contributed by atoms with Crippen LogP contribution in [0.5, 0.6) is 5.75 Å². The van der Waals surface area contributed by atoms with Gasteiger partial charge in [-0.15, -0.1) is 11.6 Å². The summed E-state index contributed by atoms with van der Waals surface area (Å²) in [4.78, 5) is 14.0. The molecule has 4 heteroatoms. The molecule has 0 atom stereocenters. The Morgan fingerprint density at radius 3 is 2.68 bits per heavy atom. The summed E-state index contributed by atoms with van der Waals surface area (Å²) >= 11 is 5.63. The zero-order valence-electron chi connectivity index (χ0n) is 11.9. The number of unbranched alkanes of at least 4 members (excludes halogenated alkanes) is 2. The number of rotatable bonds is 7. The van der Waals surface area contributed by atoms with E-state index in [0.717, 1.165) is 37.1 Å². The zero-order valence-corrected chi connectivity index (χ0v) is 12.7. The number of nitrogens with zero attached hydrogens (tertiary/aromatic N) is 1. The van der Waals surface area contributed by atoms with Gasteiger partial charge in [-0.3, -0.25) is 4.79 Å². The standard InChI is InChI=1S/C15H22ClNO2/c1-12-7-8-13(11-14(12)19-3)15(18)17(2)10-6-4-5-9-16/h7-8,11H,4-6,9-10H2,1-3H3. The number of halogens is 1. The maximum absolute atomic E-state index is 12.2. The van der Waals surface area contributed by atoms with Crippen LogP contribution in [-0.2, 0) is 0 Å². The Hall–Kier alpha value is -1.22. The molecule has 1 rings (SSSR count). The lowest BCUT2D eigenvalue weighted by Gasteiger charge is -2.17. The van der Waals surface area contributed by atoms with Gasteiger partial charge in [0.1, 0.15) is 5.75 Å². The summed E-state index contributed by atoms with van der Waals surface area (Å²) in [6.07, 6.45) is 3.04. The van der Waals surface area contributed by atoms with E-state index in [0.29, 0.717) is 11.4 Å². The first-order chi connectivity index (χ1) is 9.10. The predicted octanol–water partition coefficient (Wildman–Crippen LogP) is 3.48. The second kappa shape index (κ2) is 8.05. The van der Waals surface area contributed by atoms with Crippen molar-refractivity contribution in [2.45, 2.75) is 26.2 Å². The minimum atomic E-state index is 0.0316. The quantitative estimate of drug-likeness (QED) is 0.566. The Labute approximate surface area is 120 Å². The van der Waals surface area contributed by atoms with Crippen LogP contribution in [0, 0.1) is 6.92 Å². The fourth-order valence-electron chi connectivity index (χ4n) is 1.90. The molecule has 0 heterocycles. The van der Waals surface area contributed by atoms with Gasteiger partial charge >= 0.3 is 0 Å². The smallest absolute Gasteiger partial charge is 0.253 e. The van der Waals surface area contributed by atoms with Crippen molar-refractivity contribution in [3.05, 3.63) is 29.3 Å². The highest BCUT2D eigenvalue weighted by Gasteiger charge is 2.12. The molecule has 1 aromatic carbocycles. The number of alkyl halides is 1. The number of ether oxygens (including phenoxy) is 1. The van der Waals surface area contributed by atoms with Crippen LogP contribution in [0.4, 0.5) is 0 Å². The van der Waals surface area contributed by atoms with Crippen molar-refractivity contribution >= 4 is 17.5 Å². The number of methoxy groups -OCH3 is 1. The Bertz CT molecular complexity index is 421. The first-order valence-corrected chi connectivity index (χ1v) is 7.09. The molecule has 0 spiro atoms.